The van der Waals surface area contributed by atoms with Gasteiger partial charge in [0.15, 0.2) is 0 Å². The van der Waals surface area contributed by atoms with E-state index in [-0.39, 0.29) is 10.6 Å². The number of aromatic nitrogens is 1. The molecule has 0 spiro atoms. The molecule has 17 heavy (non-hydrogen) atoms. The molecule has 0 aliphatic carbocycles. The van der Waals surface area contributed by atoms with Gasteiger partial charge in [-0.15, -0.1) is 11.3 Å². The number of para-hydroxylation sites is 1. The van der Waals surface area contributed by atoms with Gasteiger partial charge in [0.25, 0.3) is 5.69 Å². The first-order valence-corrected chi connectivity index (χ1v) is 6.28. The quantitative estimate of drug-likeness (QED) is 0.612. The highest BCUT2D eigenvalue weighted by atomic mass is 32.1. The van der Waals surface area contributed by atoms with Crippen LogP contribution in [0.2, 0.25) is 0 Å². The van der Waals surface area contributed by atoms with Gasteiger partial charge in [-0.2, -0.15) is 0 Å². The Labute approximate surface area is 103 Å². The van der Waals surface area contributed by atoms with Crippen molar-refractivity contribution >= 4 is 17.0 Å². The van der Waals surface area contributed by atoms with E-state index in [1.807, 2.05) is 5.38 Å². The van der Waals surface area contributed by atoms with E-state index in [0.29, 0.717) is 5.56 Å². The molecule has 2 rings (SSSR count). The lowest BCUT2D eigenvalue weighted by molar-refractivity contribution is -0.384. The molecule has 1 aromatic carbocycles. The molecule has 0 bridgehead atoms. The van der Waals surface area contributed by atoms with Gasteiger partial charge >= 0.3 is 0 Å². The van der Waals surface area contributed by atoms with Crippen molar-refractivity contribution in [1.29, 1.82) is 0 Å². The summed E-state index contributed by atoms with van der Waals surface area (Å²) in [7, 11) is 0. The van der Waals surface area contributed by atoms with E-state index >= 15 is 0 Å². The third-order valence-electron chi connectivity index (χ3n) is 2.39. The maximum atomic E-state index is 10.9. The Bertz CT molecular complexity index is 537. The molecular formula is C12H12N2O2S. The van der Waals surface area contributed by atoms with Crippen molar-refractivity contribution in [3.05, 3.63) is 45.5 Å². The van der Waals surface area contributed by atoms with Crippen LogP contribution in [0.4, 0.5) is 5.69 Å². The zero-order valence-electron chi connectivity index (χ0n) is 9.42. The lowest BCUT2D eigenvalue weighted by Crippen LogP contribution is -1.91. The maximum Gasteiger partial charge on any atom is 0.279 e. The Hall–Kier alpha value is -1.75. The minimum atomic E-state index is -0.365. The third-order valence-corrected chi connectivity index (χ3v) is 3.31. The molecule has 0 amide bonds. The summed E-state index contributed by atoms with van der Waals surface area (Å²) < 4.78 is 0. The molecule has 0 unspecified atom stereocenters. The molecular weight excluding hydrogens is 236 g/mol. The molecule has 0 radical (unpaired) electrons. The van der Waals surface area contributed by atoms with Crippen LogP contribution in [0.5, 0.6) is 0 Å². The van der Waals surface area contributed by atoms with E-state index in [0.717, 1.165) is 23.5 Å². The van der Waals surface area contributed by atoms with Gasteiger partial charge in [-0.25, -0.2) is 4.98 Å². The number of aryl methyl sites for hydroxylation is 1. The Balaban J connectivity index is 2.41. The number of hydrogen-bond donors (Lipinski definition) is 0. The van der Waals surface area contributed by atoms with Gasteiger partial charge < -0.3 is 0 Å². The summed E-state index contributed by atoms with van der Waals surface area (Å²) in [6, 6.07) is 6.72. The van der Waals surface area contributed by atoms with Gasteiger partial charge in [0.1, 0.15) is 5.01 Å². The lowest BCUT2D eigenvalue weighted by atomic mass is 10.2. The van der Waals surface area contributed by atoms with Gasteiger partial charge in [0, 0.05) is 11.4 Å². The second kappa shape index (κ2) is 5.05. The molecule has 1 aromatic heterocycles. The van der Waals surface area contributed by atoms with Crippen LogP contribution in [0.1, 0.15) is 19.0 Å². The molecule has 0 fully saturated rings. The third kappa shape index (κ3) is 2.50. The summed E-state index contributed by atoms with van der Waals surface area (Å²) in [5, 5.41) is 13.6. The van der Waals surface area contributed by atoms with E-state index in [1.54, 1.807) is 18.2 Å². The number of thiazole rings is 1. The number of hydrogen-bond acceptors (Lipinski definition) is 4. The van der Waals surface area contributed by atoms with Gasteiger partial charge in [-0.3, -0.25) is 10.1 Å². The number of nitro benzene ring substituents is 1. The Morgan fingerprint density at radius 3 is 2.88 bits per heavy atom. The van der Waals surface area contributed by atoms with E-state index < -0.39 is 0 Å². The van der Waals surface area contributed by atoms with Crippen molar-refractivity contribution in [1.82, 2.24) is 4.98 Å². The summed E-state index contributed by atoms with van der Waals surface area (Å²) >= 11 is 1.46. The van der Waals surface area contributed by atoms with Crippen molar-refractivity contribution in [2.45, 2.75) is 19.8 Å². The number of rotatable bonds is 4. The average Bonchev–Trinajstić information content (AvgIpc) is 2.78. The normalized spacial score (nSPS) is 10.4. The second-order valence-corrected chi connectivity index (χ2v) is 4.53. The van der Waals surface area contributed by atoms with Crippen LogP contribution in [-0.2, 0) is 6.42 Å². The molecule has 5 heteroatoms. The lowest BCUT2D eigenvalue weighted by Gasteiger charge is -1.98. The summed E-state index contributed by atoms with van der Waals surface area (Å²) in [5.41, 5.74) is 1.72. The first-order valence-electron chi connectivity index (χ1n) is 5.40. The highest BCUT2D eigenvalue weighted by Crippen LogP contribution is 2.31. The van der Waals surface area contributed by atoms with Gasteiger partial charge in [0.2, 0.25) is 0 Å². The van der Waals surface area contributed by atoms with Crippen molar-refractivity contribution in [2.24, 2.45) is 0 Å². The number of benzene rings is 1. The summed E-state index contributed by atoms with van der Waals surface area (Å²) in [6.45, 7) is 2.09. The molecule has 4 nitrogen and oxygen atoms in total. The molecule has 0 saturated heterocycles. The minimum absolute atomic E-state index is 0.116. The Morgan fingerprint density at radius 1 is 1.41 bits per heavy atom. The highest BCUT2D eigenvalue weighted by Gasteiger charge is 2.16. The second-order valence-electron chi connectivity index (χ2n) is 3.67. The van der Waals surface area contributed by atoms with E-state index in [1.165, 1.54) is 17.4 Å². The van der Waals surface area contributed by atoms with Crippen LogP contribution in [0.25, 0.3) is 10.6 Å². The largest absolute Gasteiger partial charge is 0.279 e. The van der Waals surface area contributed by atoms with Gasteiger partial charge in [-0.1, -0.05) is 25.5 Å². The zero-order chi connectivity index (χ0) is 12.3. The van der Waals surface area contributed by atoms with Crippen LogP contribution in [-0.4, -0.2) is 9.91 Å². The van der Waals surface area contributed by atoms with E-state index in [4.69, 9.17) is 0 Å². The molecule has 0 saturated carbocycles. The van der Waals surface area contributed by atoms with Gasteiger partial charge in [-0.05, 0) is 12.5 Å². The average molecular weight is 248 g/mol. The van der Waals surface area contributed by atoms with Crippen LogP contribution < -0.4 is 0 Å². The van der Waals surface area contributed by atoms with Crippen LogP contribution in [0.15, 0.2) is 29.6 Å². The number of nitro groups is 1. The Morgan fingerprint density at radius 2 is 2.18 bits per heavy atom. The van der Waals surface area contributed by atoms with Crippen LogP contribution in [0, 0.1) is 10.1 Å². The minimum Gasteiger partial charge on any atom is -0.258 e. The fourth-order valence-corrected chi connectivity index (χ4v) is 2.50. The zero-order valence-corrected chi connectivity index (χ0v) is 10.2. The topological polar surface area (TPSA) is 56.0 Å². The van der Waals surface area contributed by atoms with Crippen LogP contribution >= 0.6 is 11.3 Å². The fourth-order valence-electron chi connectivity index (χ4n) is 1.62. The van der Waals surface area contributed by atoms with Gasteiger partial charge in [0.05, 0.1) is 16.2 Å². The Kier molecular flexibility index (Phi) is 3.49. The standard InChI is InChI=1S/C12H12N2O2S/c1-2-5-9-8-17-12(13-9)10-6-3-4-7-11(10)14(15)16/h3-4,6-8H,2,5H2,1H3. The van der Waals surface area contributed by atoms with Crippen molar-refractivity contribution < 1.29 is 4.92 Å². The molecule has 88 valence electrons. The molecule has 0 atom stereocenters. The first kappa shape index (κ1) is 11.7. The first-order chi connectivity index (χ1) is 8.22. The SMILES string of the molecule is CCCc1csc(-c2ccccc2[N+](=O)[O-])n1. The molecule has 0 aliphatic heterocycles. The summed E-state index contributed by atoms with van der Waals surface area (Å²) in [5.74, 6) is 0. The van der Waals surface area contributed by atoms with E-state index in [2.05, 4.69) is 11.9 Å². The maximum absolute atomic E-state index is 10.9. The predicted octanol–water partition coefficient (Wildman–Crippen LogP) is 3.67. The molecule has 0 N–H and O–H groups in total. The molecule has 2 aromatic rings. The van der Waals surface area contributed by atoms with E-state index in [9.17, 15) is 10.1 Å². The predicted molar refractivity (Wildman–Crippen MR) is 68.2 cm³/mol. The summed E-state index contributed by atoms with van der Waals surface area (Å²) in [6.07, 6.45) is 1.94. The number of nitrogens with zero attached hydrogens (tertiary/aromatic N) is 2. The fraction of sp³-hybridized carbons (Fsp3) is 0.250. The molecule has 1 heterocycles. The van der Waals surface area contributed by atoms with Crippen molar-refractivity contribution in [2.75, 3.05) is 0 Å². The molecule has 0 aliphatic rings. The monoisotopic (exact) mass is 248 g/mol. The van der Waals surface area contributed by atoms with Crippen LogP contribution in [0.3, 0.4) is 0 Å². The summed E-state index contributed by atoms with van der Waals surface area (Å²) in [4.78, 5) is 15.0. The highest BCUT2D eigenvalue weighted by molar-refractivity contribution is 7.13. The van der Waals surface area contributed by atoms with Crippen molar-refractivity contribution in [3.63, 3.8) is 0 Å². The smallest absolute Gasteiger partial charge is 0.258 e. The van der Waals surface area contributed by atoms with Crippen molar-refractivity contribution in [3.8, 4) is 10.6 Å².